The zero-order valence-corrected chi connectivity index (χ0v) is 11.7. The van der Waals surface area contributed by atoms with E-state index in [2.05, 4.69) is 0 Å². The van der Waals surface area contributed by atoms with Crippen molar-refractivity contribution < 1.29 is 22.9 Å². The Morgan fingerprint density at radius 2 is 1.90 bits per heavy atom. The van der Waals surface area contributed by atoms with Crippen LogP contribution in [0.15, 0.2) is 23.1 Å². The highest BCUT2D eigenvalue weighted by molar-refractivity contribution is 7.89. The number of nitrogens with two attached hydrogens (primary N) is 1. The molecule has 1 aliphatic rings. The number of carbonyl (C=O) groups is 1. The van der Waals surface area contributed by atoms with Crippen molar-refractivity contribution in [2.24, 2.45) is 5.14 Å². The van der Waals surface area contributed by atoms with Gasteiger partial charge in [-0.2, -0.15) is 0 Å². The van der Waals surface area contributed by atoms with E-state index in [1.807, 2.05) is 0 Å². The van der Waals surface area contributed by atoms with Gasteiger partial charge in [-0.15, -0.1) is 0 Å². The summed E-state index contributed by atoms with van der Waals surface area (Å²) in [6, 6.07) is 2.90. The van der Waals surface area contributed by atoms with Crippen molar-refractivity contribution in [1.29, 1.82) is 0 Å². The molecule has 0 aromatic heterocycles. The van der Waals surface area contributed by atoms with Gasteiger partial charge in [0.1, 0.15) is 0 Å². The first-order valence-corrected chi connectivity index (χ1v) is 7.53. The molecule has 0 unspecified atom stereocenters. The van der Waals surface area contributed by atoms with Gasteiger partial charge in [0.25, 0.3) is 11.6 Å². The number of nitro benzene ring substituents is 1. The van der Waals surface area contributed by atoms with E-state index in [1.165, 1.54) is 4.90 Å². The summed E-state index contributed by atoms with van der Waals surface area (Å²) in [5.41, 5.74) is -0.590. The molecule has 1 aromatic rings. The molecule has 0 aliphatic carbocycles. The van der Waals surface area contributed by atoms with Crippen molar-refractivity contribution in [3.05, 3.63) is 33.9 Å². The number of primary sulfonamides is 1. The summed E-state index contributed by atoms with van der Waals surface area (Å²) >= 11 is 0. The monoisotopic (exact) mass is 315 g/mol. The van der Waals surface area contributed by atoms with Crippen molar-refractivity contribution in [3.8, 4) is 0 Å². The third-order valence-electron chi connectivity index (χ3n) is 2.98. The number of carbonyl (C=O) groups excluding carboxylic acids is 1. The molecule has 1 fully saturated rings. The normalized spacial score (nSPS) is 15.8. The molecule has 1 amide bonds. The van der Waals surface area contributed by atoms with Gasteiger partial charge in [0.15, 0.2) is 0 Å². The van der Waals surface area contributed by atoms with Crippen LogP contribution in [0.1, 0.15) is 10.4 Å². The van der Waals surface area contributed by atoms with Crippen LogP contribution in [0.3, 0.4) is 0 Å². The van der Waals surface area contributed by atoms with Gasteiger partial charge in [0.05, 0.1) is 23.0 Å². The van der Waals surface area contributed by atoms with E-state index in [4.69, 9.17) is 9.88 Å². The minimum absolute atomic E-state index is 0.0878. The molecular weight excluding hydrogens is 302 g/mol. The first-order chi connectivity index (χ1) is 9.79. The lowest BCUT2D eigenvalue weighted by Crippen LogP contribution is -2.40. The van der Waals surface area contributed by atoms with Crippen LogP contribution >= 0.6 is 0 Å². The average Bonchev–Trinajstić information content (AvgIpc) is 2.46. The molecule has 1 aliphatic heterocycles. The fourth-order valence-electron chi connectivity index (χ4n) is 1.93. The average molecular weight is 315 g/mol. The SMILES string of the molecule is NS(=O)(=O)c1cc(C(=O)N2CCOCC2)cc([N+](=O)[O-])c1. The van der Waals surface area contributed by atoms with Crippen molar-refractivity contribution in [1.82, 2.24) is 4.90 Å². The minimum atomic E-state index is -4.15. The number of amides is 1. The molecule has 0 radical (unpaired) electrons. The number of morpholine rings is 1. The number of ether oxygens (including phenoxy) is 1. The van der Waals surface area contributed by atoms with E-state index in [1.54, 1.807) is 0 Å². The molecule has 0 saturated carbocycles. The standard InChI is InChI=1S/C11H13N3O6S/c12-21(18,19)10-6-8(5-9(7-10)14(16)17)11(15)13-1-3-20-4-2-13/h5-7H,1-4H2,(H2,12,18,19). The maximum absolute atomic E-state index is 12.3. The Balaban J connectivity index is 2.44. The summed E-state index contributed by atoms with van der Waals surface area (Å²) in [5.74, 6) is -0.494. The maximum atomic E-state index is 12.3. The molecule has 1 aromatic carbocycles. The van der Waals surface area contributed by atoms with Crippen LogP contribution in [0.25, 0.3) is 0 Å². The van der Waals surface area contributed by atoms with E-state index in [0.29, 0.717) is 26.3 Å². The van der Waals surface area contributed by atoms with Crippen molar-refractivity contribution in [3.63, 3.8) is 0 Å². The molecule has 2 rings (SSSR count). The number of hydrogen-bond donors (Lipinski definition) is 1. The highest BCUT2D eigenvalue weighted by Gasteiger charge is 2.23. The fourth-order valence-corrected chi connectivity index (χ4v) is 2.50. The molecule has 1 saturated heterocycles. The maximum Gasteiger partial charge on any atom is 0.271 e. The predicted molar refractivity (Wildman–Crippen MR) is 71.2 cm³/mol. The lowest BCUT2D eigenvalue weighted by molar-refractivity contribution is -0.385. The van der Waals surface area contributed by atoms with Gasteiger partial charge in [0.2, 0.25) is 10.0 Å². The van der Waals surface area contributed by atoms with E-state index in [-0.39, 0.29) is 5.56 Å². The Bertz CT molecular complexity index is 681. The van der Waals surface area contributed by atoms with Crippen LogP contribution in [0.5, 0.6) is 0 Å². The van der Waals surface area contributed by atoms with Gasteiger partial charge in [0, 0.05) is 30.8 Å². The lowest BCUT2D eigenvalue weighted by Gasteiger charge is -2.26. The number of rotatable bonds is 3. The second kappa shape index (κ2) is 5.76. The van der Waals surface area contributed by atoms with Gasteiger partial charge in [-0.3, -0.25) is 14.9 Å². The summed E-state index contributed by atoms with van der Waals surface area (Å²) in [5, 5.41) is 15.8. The summed E-state index contributed by atoms with van der Waals surface area (Å²) in [7, 11) is -4.15. The Morgan fingerprint density at radius 1 is 1.29 bits per heavy atom. The van der Waals surface area contributed by atoms with Crippen LogP contribution in [-0.2, 0) is 14.8 Å². The van der Waals surface area contributed by atoms with E-state index in [0.717, 1.165) is 18.2 Å². The van der Waals surface area contributed by atoms with Crippen LogP contribution < -0.4 is 5.14 Å². The lowest BCUT2D eigenvalue weighted by atomic mass is 10.1. The van der Waals surface area contributed by atoms with Crippen LogP contribution in [0.2, 0.25) is 0 Å². The van der Waals surface area contributed by atoms with Crippen LogP contribution in [-0.4, -0.2) is 50.5 Å². The highest BCUT2D eigenvalue weighted by atomic mass is 32.2. The number of nitrogens with zero attached hydrogens (tertiary/aromatic N) is 2. The molecule has 2 N–H and O–H groups in total. The fraction of sp³-hybridized carbons (Fsp3) is 0.364. The second-order valence-corrected chi connectivity index (χ2v) is 5.98. The van der Waals surface area contributed by atoms with E-state index < -0.39 is 31.4 Å². The first kappa shape index (κ1) is 15.4. The molecule has 10 heteroatoms. The quantitative estimate of drug-likeness (QED) is 0.602. The molecule has 21 heavy (non-hydrogen) atoms. The Hall–Kier alpha value is -2.04. The molecule has 1 heterocycles. The van der Waals surface area contributed by atoms with Crippen molar-refractivity contribution in [2.75, 3.05) is 26.3 Å². The zero-order chi connectivity index (χ0) is 15.6. The number of sulfonamides is 1. The van der Waals surface area contributed by atoms with Gasteiger partial charge >= 0.3 is 0 Å². The zero-order valence-electron chi connectivity index (χ0n) is 10.9. The third kappa shape index (κ3) is 3.54. The summed E-state index contributed by atoms with van der Waals surface area (Å²) in [6.07, 6.45) is 0. The molecule has 0 atom stereocenters. The van der Waals surface area contributed by atoms with Gasteiger partial charge in [-0.05, 0) is 6.07 Å². The Morgan fingerprint density at radius 3 is 2.43 bits per heavy atom. The van der Waals surface area contributed by atoms with E-state index >= 15 is 0 Å². The smallest absolute Gasteiger partial charge is 0.271 e. The topological polar surface area (TPSA) is 133 Å². The van der Waals surface area contributed by atoms with Crippen molar-refractivity contribution >= 4 is 21.6 Å². The predicted octanol–water partition coefficient (Wildman–Crippen LogP) is -0.285. The number of nitro groups is 1. The first-order valence-electron chi connectivity index (χ1n) is 5.98. The van der Waals surface area contributed by atoms with Gasteiger partial charge in [-0.25, -0.2) is 13.6 Å². The highest BCUT2D eigenvalue weighted by Crippen LogP contribution is 2.21. The van der Waals surface area contributed by atoms with Gasteiger partial charge in [-0.1, -0.05) is 0 Å². The number of hydrogen-bond acceptors (Lipinski definition) is 6. The largest absolute Gasteiger partial charge is 0.378 e. The molecule has 114 valence electrons. The Kier molecular flexibility index (Phi) is 4.21. The molecule has 9 nitrogen and oxygen atoms in total. The Labute approximate surface area is 120 Å². The third-order valence-corrected chi connectivity index (χ3v) is 3.87. The summed E-state index contributed by atoms with van der Waals surface area (Å²) in [4.78, 5) is 23.3. The molecule has 0 spiro atoms. The van der Waals surface area contributed by atoms with Crippen molar-refractivity contribution in [2.45, 2.75) is 4.90 Å². The molecule has 0 bridgehead atoms. The summed E-state index contributed by atoms with van der Waals surface area (Å²) < 4.78 is 27.8. The molecular formula is C11H13N3O6S. The van der Waals surface area contributed by atoms with Crippen LogP contribution in [0.4, 0.5) is 5.69 Å². The second-order valence-electron chi connectivity index (χ2n) is 4.42. The minimum Gasteiger partial charge on any atom is -0.378 e. The van der Waals surface area contributed by atoms with Crippen LogP contribution in [0, 0.1) is 10.1 Å². The van der Waals surface area contributed by atoms with Gasteiger partial charge < -0.3 is 9.64 Å². The number of non-ortho nitro benzene ring substituents is 1. The van der Waals surface area contributed by atoms with E-state index in [9.17, 15) is 23.3 Å². The summed E-state index contributed by atoms with van der Waals surface area (Å²) in [6.45, 7) is 1.41. The number of benzene rings is 1.